The molecule has 6 nitrogen and oxygen atoms in total. The molecule has 0 aliphatic heterocycles. The molecular weight excluding hydrogens is 817 g/mol. The highest BCUT2D eigenvalue weighted by Crippen LogP contribution is 2.14. The largest absolute Gasteiger partial charge is 0.462 e. The van der Waals surface area contributed by atoms with E-state index in [-0.39, 0.29) is 37.5 Å². The summed E-state index contributed by atoms with van der Waals surface area (Å²) in [5.41, 5.74) is 0. The fraction of sp³-hybridized carbons (Fsp3) is 0.650. The lowest BCUT2D eigenvalue weighted by Gasteiger charge is -2.18. The van der Waals surface area contributed by atoms with Crippen molar-refractivity contribution in [2.75, 3.05) is 13.2 Å². The van der Waals surface area contributed by atoms with Gasteiger partial charge in [0.15, 0.2) is 6.10 Å². The minimum absolute atomic E-state index is 0.101. The Bertz CT molecular complexity index is 1370. The Labute approximate surface area is 406 Å². The summed E-state index contributed by atoms with van der Waals surface area (Å²) in [6, 6.07) is 0. The van der Waals surface area contributed by atoms with Crippen LogP contribution in [0.25, 0.3) is 0 Å². The second-order valence-corrected chi connectivity index (χ2v) is 17.4. The summed E-state index contributed by atoms with van der Waals surface area (Å²) in [7, 11) is 0. The number of carbonyl (C=O) groups is 3. The molecule has 6 heteroatoms. The number of unbranched alkanes of at least 4 members (excludes halogenated alkanes) is 18. The first-order valence-electron chi connectivity index (χ1n) is 26.9. The van der Waals surface area contributed by atoms with Crippen LogP contribution in [0, 0.1) is 0 Å². The number of rotatable bonds is 47. The van der Waals surface area contributed by atoms with Crippen molar-refractivity contribution in [2.45, 2.75) is 239 Å². The van der Waals surface area contributed by atoms with Crippen LogP contribution in [0.15, 0.2) is 109 Å². The normalized spacial score (nSPS) is 13.0. The molecule has 0 bridgehead atoms. The van der Waals surface area contributed by atoms with E-state index >= 15 is 0 Å². The van der Waals surface area contributed by atoms with Gasteiger partial charge in [0.1, 0.15) is 13.2 Å². The molecule has 0 fully saturated rings. The Morgan fingerprint density at radius 3 is 0.955 bits per heavy atom. The van der Waals surface area contributed by atoms with E-state index in [4.69, 9.17) is 14.2 Å². The molecule has 0 aromatic heterocycles. The summed E-state index contributed by atoms with van der Waals surface area (Å²) in [4.78, 5) is 38.0. The highest BCUT2D eigenvalue weighted by atomic mass is 16.6. The lowest BCUT2D eigenvalue weighted by Crippen LogP contribution is -2.30. The van der Waals surface area contributed by atoms with Crippen LogP contribution >= 0.6 is 0 Å². The highest BCUT2D eigenvalue weighted by Gasteiger charge is 2.19. The summed E-state index contributed by atoms with van der Waals surface area (Å²) < 4.78 is 16.8. The zero-order chi connectivity index (χ0) is 47.9. The summed E-state index contributed by atoms with van der Waals surface area (Å²) in [6.07, 6.45) is 72.2. The molecule has 0 saturated carbocycles. The van der Waals surface area contributed by atoms with Gasteiger partial charge >= 0.3 is 17.9 Å². The van der Waals surface area contributed by atoms with Crippen molar-refractivity contribution in [3.63, 3.8) is 0 Å². The first kappa shape index (κ1) is 62.1. The van der Waals surface area contributed by atoms with Crippen LogP contribution in [0.5, 0.6) is 0 Å². The Morgan fingerprint density at radius 1 is 0.318 bits per heavy atom. The number of ether oxygens (including phenoxy) is 3. The molecule has 66 heavy (non-hydrogen) atoms. The lowest BCUT2D eigenvalue weighted by atomic mass is 10.0. The second-order valence-electron chi connectivity index (χ2n) is 17.4. The van der Waals surface area contributed by atoms with E-state index in [0.29, 0.717) is 19.3 Å². The van der Waals surface area contributed by atoms with E-state index in [1.54, 1.807) is 0 Å². The minimum atomic E-state index is -0.808. The van der Waals surface area contributed by atoms with Crippen LogP contribution in [-0.4, -0.2) is 37.2 Å². The summed E-state index contributed by atoms with van der Waals surface area (Å²) in [5.74, 6) is -0.966. The van der Waals surface area contributed by atoms with Crippen molar-refractivity contribution in [1.29, 1.82) is 0 Å². The van der Waals surface area contributed by atoms with Gasteiger partial charge in [0.2, 0.25) is 0 Å². The van der Waals surface area contributed by atoms with E-state index in [2.05, 4.69) is 130 Å². The van der Waals surface area contributed by atoms with Crippen LogP contribution < -0.4 is 0 Å². The van der Waals surface area contributed by atoms with Gasteiger partial charge in [0, 0.05) is 19.3 Å². The number of esters is 3. The first-order chi connectivity index (χ1) is 32.5. The van der Waals surface area contributed by atoms with Gasteiger partial charge in [-0.3, -0.25) is 14.4 Å². The Balaban J connectivity index is 4.46. The second kappa shape index (κ2) is 53.7. The average molecular weight is 915 g/mol. The van der Waals surface area contributed by atoms with Gasteiger partial charge in [0.05, 0.1) is 0 Å². The molecule has 0 aliphatic carbocycles. The van der Waals surface area contributed by atoms with Crippen LogP contribution in [0.1, 0.15) is 233 Å². The average Bonchev–Trinajstić information content (AvgIpc) is 3.31. The van der Waals surface area contributed by atoms with E-state index in [1.807, 2.05) is 0 Å². The standard InChI is InChI=1S/C60H98O6/c1-4-7-10-13-16-19-22-25-27-28-29-30-31-32-34-35-38-41-44-47-50-53-59(62)65-56-57(55-64-58(61)52-49-46-43-40-37-24-21-18-15-12-9-6-3)66-60(63)54-51-48-45-42-39-36-33-26-23-20-17-14-11-8-5-2/h7-8,10-11,16-17,19-20,25-27,29-30,32-34,39,42,57H,4-6,9,12-15,18,21-24,28,31,35-38,40-41,43-56H2,1-3H3/b10-7-,11-8-,19-16-,20-17-,27-25-,30-29-,33-26-,34-32-,42-39-. The van der Waals surface area contributed by atoms with Gasteiger partial charge in [-0.25, -0.2) is 0 Å². The molecular formula is C60H98O6. The van der Waals surface area contributed by atoms with Crippen molar-refractivity contribution < 1.29 is 28.6 Å². The van der Waals surface area contributed by atoms with Gasteiger partial charge in [-0.15, -0.1) is 0 Å². The fourth-order valence-electron chi connectivity index (χ4n) is 7.05. The maximum Gasteiger partial charge on any atom is 0.306 e. The third-order valence-corrected chi connectivity index (χ3v) is 11.0. The molecule has 0 aliphatic rings. The number of hydrogen-bond donors (Lipinski definition) is 0. The van der Waals surface area contributed by atoms with Gasteiger partial charge in [-0.2, -0.15) is 0 Å². The predicted octanol–water partition coefficient (Wildman–Crippen LogP) is 17.9. The zero-order valence-corrected chi connectivity index (χ0v) is 42.7. The monoisotopic (exact) mass is 915 g/mol. The minimum Gasteiger partial charge on any atom is -0.462 e. The molecule has 0 rings (SSSR count). The first-order valence-corrected chi connectivity index (χ1v) is 26.9. The van der Waals surface area contributed by atoms with E-state index < -0.39 is 6.10 Å². The third kappa shape index (κ3) is 51.1. The van der Waals surface area contributed by atoms with Gasteiger partial charge in [0.25, 0.3) is 0 Å². The molecule has 0 radical (unpaired) electrons. The third-order valence-electron chi connectivity index (χ3n) is 11.0. The molecule has 0 saturated heterocycles. The Morgan fingerprint density at radius 2 is 0.591 bits per heavy atom. The molecule has 0 spiro atoms. The number of carbonyl (C=O) groups excluding carboxylic acids is 3. The number of hydrogen-bond acceptors (Lipinski definition) is 6. The van der Waals surface area contributed by atoms with Crippen LogP contribution in [-0.2, 0) is 28.6 Å². The van der Waals surface area contributed by atoms with Crippen LogP contribution in [0.4, 0.5) is 0 Å². The van der Waals surface area contributed by atoms with Gasteiger partial charge in [-0.05, 0) is 103 Å². The van der Waals surface area contributed by atoms with Gasteiger partial charge in [-0.1, -0.05) is 220 Å². The van der Waals surface area contributed by atoms with Gasteiger partial charge < -0.3 is 14.2 Å². The smallest absolute Gasteiger partial charge is 0.306 e. The maximum atomic E-state index is 12.8. The van der Waals surface area contributed by atoms with Crippen molar-refractivity contribution in [3.05, 3.63) is 109 Å². The predicted molar refractivity (Wildman–Crippen MR) is 283 cm³/mol. The molecule has 0 heterocycles. The highest BCUT2D eigenvalue weighted by molar-refractivity contribution is 5.71. The zero-order valence-electron chi connectivity index (χ0n) is 42.7. The topological polar surface area (TPSA) is 78.9 Å². The Kier molecular flexibility index (Phi) is 50.5. The molecule has 1 atom stereocenters. The summed E-state index contributed by atoms with van der Waals surface area (Å²) in [6.45, 7) is 6.35. The lowest BCUT2D eigenvalue weighted by molar-refractivity contribution is -0.167. The van der Waals surface area contributed by atoms with Crippen molar-refractivity contribution in [2.24, 2.45) is 0 Å². The van der Waals surface area contributed by atoms with E-state index in [9.17, 15) is 14.4 Å². The van der Waals surface area contributed by atoms with Crippen molar-refractivity contribution in [1.82, 2.24) is 0 Å². The molecule has 0 N–H and O–H groups in total. The SMILES string of the molecule is CC/C=C\C/C=C\C/C=C\C/C=C\C/C=C\CCCCCCCC(=O)OCC(COC(=O)CCCCCCCCCCCCCC)OC(=O)CCCC/C=C\C/C=C\C/C=C\C/C=C\CC. The van der Waals surface area contributed by atoms with E-state index in [1.165, 1.54) is 57.8 Å². The molecule has 374 valence electrons. The molecule has 1 unspecified atom stereocenters. The summed E-state index contributed by atoms with van der Waals surface area (Å²) in [5, 5.41) is 0. The van der Waals surface area contributed by atoms with Crippen molar-refractivity contribution >= 4 is 17.9 Å². The van der Waals surface area contributed by atoms with Crippen molar-refractivity contribution in [3.8, 4) is 0 Å². The maximum absolute atomic E-state index is 12.8. The van der Waals surface area contributed by atoms with Crippen LogP contribution in [0.2, 0.25) is 0 Å². The molecule has 0 amide bonds. The van der Waals surface area contributed by atoms with E-state index in [0.717, 1.165) is 128 Å². The fourth-order valence-corrected chi connectivity index (χ4v) is 7.05. The summed E-state index contributed by atoms with van der Waals surface area (Å²) >= 11 is 0. The van der Waals surface area contributed by atoms with Crippen LogP contribution in [0.3, 0.4) is 0 Å². The Hall–Kier alpha value is -3.93. The number of allylic oxidation sites excluding steroid dienone is 18. The molecule has 0 aromatic rings. The molecule has 0 aromatic carbocycles. The quantitative estimate of drug-likeness (QED) is 0.0262.